The van der Waals surface area contributed by atoms with Crippen molar-refractivity contribution in [1.29, 1.82) is 0 Å². The molecule has 2 amide bonds. The Bertz CT molecular complexity index is 1050. The molecule has 4 aliphatic rings. The molecule has 0 spiro atoms. The molecule has 0 unspecified atom stereocenters. The third kappa shape index (κ3) is 4.84. The van der Waals surface area contributed by atoms with Crippen molar-refractivity contribution in [2.45, 2.75) is 77.9 Å². The summed E-state index contributed by atoms with van der Waals surface area (Å²) in [5, 5.41) is 3.15. The van der Waals surface area contributed by atoms with Crippen molar-refractivity contribution in [1.82, 2.24) is 10.2 Å². The lowest BCUT2D eigenvalue weighted by molar-refractivity contribution is -0.146. The summed E-state index contributed by atoms with van der Waals surface area (Å²) in [5.74, 6) is 2.20. The quantitative estimate of drug-likeness (QED) is 0.535. The molecule has 0 bridgehead atoms. The van der Waals surface area contributed by atoms with Gasteiger partial charge in [0.2, 0.25) is 11.8 Å². The molecule has 1 aromatic carbocycles. The van der Waals surface area contributed by atoms with Crippen molar-refractivity contribution in [3.63, 3.8) is 0 Å². The summed E-state index contributed by atoms with van der Waals surface area (Å²) in [6.07, 6.45) is 11.3. The first-order valence-corrected chi connectivity index (χ1v) is 14.1. The van der Waals surface area contributed by atoms with Gasteiger partial charge in [-0.1, -0.05) is 50.3 Å². The molecule has 3 saturated carbocycles. The first-order chi connectivity index (χ1) is 17.7. The Morgan fingerprint density at radius 1 is 1.03 bits per heavy atom. The van der Waals surface area contributed by atoms with Crippen LogP contribution in [-0.4, -0.2) is 42.3 Å². The Morgan fingerprint density at radius 2 is 1.81 bits per heavy atom. The van der Waals surface area contributed by atoms with Crippen molar-refractivity contribution >= 4 is 17.8 Å². The van der Waals surface area contributed by atoms with Crippen LogP contribution < -0.4 is 5.32 Å². The Morgan fingerprint density at radius 3 is 2.59 bits per heavy atom. The summed E-state index contributed by atoms with van der Waals surface area (Å²) in [5.41, 5.74) is 1.25. The number of carbonyl (C=O) groups excluding carboxylic acids is 3. The van der Waals surface area contributed by atoms with E-state index < -0.39 is 0 Å². The lowest BCUT2D eigenvalue weighted by atomic mass is 9.47. The Hall–Kier alpha value is -2.63. The summed E-state index contributed by atoms with van der Waals surface area (Å²) >= 11 is 0. The van der Waals surface area contributed by atoms with Gasteiger partial charge in [-0.2, -0.15) is 0 Å². The normalized spacial score (nSPS) is 36.4. The molecular formula is C31H42N2O4. The van der Waals surface area contributed by atoms with Crippen LogP contribution in [0.25, 0.3) is 0 Å². The summed E-state index contributed by atoms with van der Waals surface area (Å²) in [6.45, 7) is 5.78. The van der Waals surface area contributed by atoms with Crippen molar-refractivity contribution in [2.24, 2.45) is 34.5 Å². The maximum absolute atomic E-state index is 12.6. The van der Waals surface area contributed by atoms with E-state index in [9.17, 15) is 14.4 Å². The zero-order chi connectivity index (χ0) is 26.2. The highest BCUT2D eigenvalue weighted by molar-refractivity contribution is 5.89. The van der Waals surface area contributed by atoms with Crippen molar-refractivity contribution in [3.05, 3.63) is 48.0 Å². The SMILES string of the molecule is CN1C(=O)C=C[C@]2(C)[C@H]3CC[C@]4(C)[C@@H](CNC(=O)CCC(=O)OCc5ccccc5)CC[C@H]4[C@@H]3CC[C@@H]12. The standard InChI is InChI=1S/C31H42N2O4/c1-30-17-15-25-23(10-12-26-31(25,2)18-16-28(35)33(26)3)24(30)11-9-22(30)19-32-27(34)13-14-29(36)37-20-21-7-5-4-6-8-21/h4-8,16,18,22-26H,9-15,17,19-20H2,1-3H3,(H,32,34)/t22-,23+,24+,25+,26-,30-,31-/m1/s1. The Labute approximate surface area is 221 Å². The molecule has 3 fully saturated rings. The van der Waals surface area contributed by atoms with Crippen LogP contribution in [-0.2, 0) is 25.7 Å². The number of hydrogen-bond acceptors (Lipinski definition) is 4. The number of rotatable bonds is 7. The zero-order valence-electron chi connectivity index (χ0n) is 22.6. The molecule has 1 heterocycles. The summed E-state index contributed by atoms with van der Waals surface area (Å²) in [7, 11) is 1.97. The lowest BCUT2D eigenvalue weighted by Crippen LogP contribution is -2.59. The molecule has 37 heavy (non-hydrogen) atoms. The van der Waals surface area contributed by atoms with Crippen LogP contribution in [0.15, 0.2) is 42.5 Å². The van der Waals surface area contributed by atoms with Gasteiger partial charge in [-0.3, -0.25) is 14.4 Å². The molecule has 1 aliphatic heterocycles. The highest BCUT2D eigenvalue weighted by Crippen LogP contribution is 2.65. The first kappa shape index (κ1) is 26.0. The minimum atomic E-state index is -0.335. The number of hydrogen-bond donors (Lipinski definition) is 1. The monoisotopic (exact) mass is 506 g/mol. The lowest BCUT2D eigenvalue weighted by Gasteiger charge is -2.60. The summed E-state index contributed by atoms with van der Waals surface area (Å²) < 4.78 is 5.31. The van der Waals surface area contributed by atoms with Crippen LogP contribution in [0.5, 0.6) is 0 Å². The number of nitrogens with zero attached hydrogens (tertiary/aromatic N) is 1. The number of likely N-dealkylation sites (N-methyl/N-ethyl adjacent to an activating group) is 1. The third-order valence-electron chi connectivity index (χ3n) is 10.7. The molecule has 6 heteroatoms. The molecule has 7 atom stereocenters. The van der Waals surface area contributed by atoms with Gasteiger partial charge in [-0.15, -0.1) is 0 Å². The van der Waals surface area contributed by atoms with E-state index in [1.807, 2.05) is 42.3 Å². The van der Waals surface area contributed by atoms with Gasteiger partial charge in [0.1, 0.15) is 6.61 Å². The first-order valence-electron chi connectivity index (χ1n) is 14.1. The smallest absolute Gasteiger partial charge is 0.306 e. The van der Waals surface area contributed by atoms with Crippen LogP contribution in [0, 0.1) is 34.5 Å². The molecule has 0 aromatic heterocycles. The van der Waals surface area contributed by atoms with Gasteiger partial charge in [-0.05, 0) is 79.3 Å². The molecule has 0 radical (unpaired) electrons. The molecule has 3 aliphatic carbocycles. The van der Waals surface area contributed by atoms with Crippen molar-refractivity contribution < 1.29 is 19.1 Å². The van der Waals surface area contributed by atoms with Crippen LogP contribution in [0.1, 0.15) is 70.8 Å². The Kier molecular flexibility index (Phi) is 7.21. The maximum atomic E-state index is 12.6. The van der Waals surface area contributed by atoms with Crippen molar-refractivity contribution in [3.8, 4) is 0 Å². The molecule has 5 rings (SSSR count). The zero-order valence-corrected chi connectivity index (χ0v) is 22.6. The second-order valence-corrected chi connectivity index (χ2v) is 12.4. The summed E-state index contributed by atoms with van der Waals surface area (Å²) in [4.78, 5) is 38.9. The predicted molar refractivity (Wildman–Crippen MR) is 142 cm³/mol. The fourth-order valence-corrected chi connectivity index (χ4v) is 8.53. The molecular weight excluding hydrogens is 464 g/mol. The number of benzene rings is 1. The van der Waals surface area contributed by atoms with Gasteiger partial charge in [0.15, 0.2) is 0 Å². The molecule has 0 saturated heterocycles. The average Bonchev–Trinajstić information content (AvgIpc) is 3.24. The van der Waals surface area contributed by atoms with Gasteiger partial charge in [0, 0.05) is 31.5 Å². The van der Waals surface area contributed by atoms with Gasteiger partial charge in [0.05, 0.1) is 6.42 Å². The van der Waals surface area contributed by atoms with Crippen molar-refractivity contribution in [2.75, 3.05) is 13.6 Å². The van der Waals surface area contributed by atoms with E-state index in [0.29, 0.717) is 36.3 Å². The van der Waals surface area contributed by atoms with Crippen LogP contribution in [0.4, 0.5) is 0 Å². The second kappa shape index (κ2) is 10.3. The van der Waals surface area contributed by atoms with Crippen LogP contribution in [0.2, 0.25) is 0 Å². The topological polar surface area (TPSA) is 75.7 Å². The number of fused-ring (bicyclic) bond motifs is 5. The van der Waals surface area contributed by atoms with E-state index in [0.717, 1.165) is 18.4 Å². The highest BCUT2D eigenvalue weighted by atomic mass is 16.5. The van der Waals surface area contributed by atoms with E-state index in [1.54, 1.807) is 6.08 Å². The fraction of sp³-hybridized carbons (Fsp3) is 0.645. The van der Waals surface area contributed by atoms with Gasteiger partial charge in [0.25, 0.3) is 0 Å². The molecule has 6 nitrogen and oxygen atoms in total. The van der Waals surface area contributed by atoms with Gasteiger partial charge in [-0.25, -0.2) is 0 Å². The number of esters is 1. The molecule has 1 aromatic rings. The second-order valence-electron chi connectivity index (χ2n) is 12.4. The minimum Gasteiger partial charge on any atom is -0.461 e. The summed E-state index contributed by atoms with van der Waals surface area (Å²) in [6, 6.07) is 9.90. The maximum Gasteiger partial charge on any atom is 0.306 e. The van der Waals surface area contributed by atoms with E-state index in [2.05, 4.69) is 25.2 Å². The number of ether oxygens (including phenoxy) is 1. The van der Waals surface area contributed by atoms with Gasteiger partial charge >= 0.3 is 5.97 Å². The average molecular weight is 507 g/mol. The van der Waals surface area contributed by atoms with Gasteiger partial charge < -0.3 is 15.0 Å². The fourth-order valence-electron chi connectivity index (χ4n) is 8.53. The third-order valence-corrected chi connectivity index (χ3v) is 10.7. The highest BCUT2D eigenvalue weighted by Gasteiger charge is 2.60. The number of carbonyl (C=O) groups is 3. The van der Waals surface area contributed by atoms with E-state index in [4.69, 9.17) is 4.74 Å². The van der Waals surface area contributed by atoms with E-state index >= 15 is 0 Å². The molecule has 200 valence electrons. The van der Waals surface area contributed by atoms with E-state index in [-0.39, 0.29) is 48.1 Å². The number of amides is 2. The predicted octanol–water partition coefficient (Wildman–Crippen LogP) is 4.88. The Balaban J connectivity index is 1.12. The van der Waals surface area contributed by atoms with Crippen LogP contribution >= 0.6 is 0 Å². The molecule has 1 N–H and O–H groups in total. The van der Waals surface area contributed by atoms with E-state index in [1.165, 1.54) is 25.7 Å². The minimum absolute atomic E-state index is 0.0638. The van der Waals surface area contributed by atoms with Crippen LogP contribution in [0.3, 0.4) is 0 Å². The number of nitrogens with one attached hydrogen (secondary N) is 1. The largest absolute Gasteiger partial charge is 0.461 e.